The van der Waals surface area contributed by atoms with Crippen molar-refractivity contribution in [1.29, 1.82) is 0 Å². The van der Waals surface area contributed by atoms with Gasteiger partial charge >= 0.3 is 6.09 Å². The van der Waals surface area contributed by atoms with Crippen molar-refractivity contribution in [2.75, 3.05) is 32.9 Å². The van der Waals surface area contributed by atoms with Gasteiger partial charge in [-0.15, -0.1) is 0 Å². The summed E-state index contributed by atoms with van der Waals surface area (Å²) < 4.78 is 10.1. The van der Waals surface area contributed by atoms with Crippen LogP contribution in [0.4, 0.5) is 4.79 Å². The van der Waals surface area contributed by atoms with E-state index < -0.39 is 12.2 Å². The summed E-state index contributed by atoms with van der Waals surface area (Å²) in [5, 5.41) is 9.05. The molecule has 2 heterocycles. The third-order valence-electron chi connectivity index (χ3n) is 3.86. The topological polar surface area (TPSA) is 79.3 Å². The van der Waals surface area contributed by atoms with E-state index in [1.165, 1.54) is 0 Å². The number of rotatable bonds is 3. The molecule has 2 saturated heterocycles. The van der Waals surface area contributed by atoms with Gasteiger partial charge < -0.3 is 19.5 Å². The van der Waals surface area contributed by atoms with Crippen molar-refractivity contribution in [2.24, 2.45) is 0 Å². The second-order valence-corrected chi connectivity index (χ2v) is 5.21. The lowest BCUT2D eigenvalue weighted by molar-refractivity contribution is -0.140. The summed E-state index contributed by atoms with van der Waals surface area (Å²) in [4.78, 5) is 26.8. The van der Waals surface area contributed by atoms with Gasteiger partial charge in [0, 0.05) is 17.9 Å². The molecule has 2 fully saturated rings. The van der Waals surface area contributed by atoms with Crippen LogP contribution < -0.4 is 0 Å². The van der Waals surface area contributed by atoms with E-state index in [0.717, 1.165) is 11.4 Å². The second kappa shape index (κ2) is 5.87. The molecule has 2 aliphatic heterocycles. The molecule has 0 aromatic heterocycles. The van der Waals surface area contributed by atoms with Gasteiger partial charge in [0.1, 0.15) is 12.7 Å². The number of ether oxygens (including phenoxy) is 2. The number of amides is 2. The van der Waals surface area contributed by atoms with Crippen molar-refractivity contribution >= 4 is 12.0 Å². The maximum Gasteiger partial charge on any atom is 0.414 e. The van der Waals surface area contributed by atoms with Crippen LogP contribution in [0.2, 0.25) is 0 Å². The SMILES string of the molecule is O=C1COCCN1C1=CC=C(N2CC(CO)OC2=O)CC1. The average molecular weight is 294 g/mol. The fourth-order valence-electron chi connectivity index (χ4n) is 2.74. The van der Waals surface area contributed by atoms with Crippen LogP contribution in [0, 0.1) is 0 Å². The lowest BCUT2D eigenvalue weighted by Gasteiger charge is -2.31. The zero-order valence-electron chi connectivity index (χ0n) is 11.7. The maximum absolute atomic E-state index is 11.8. The van der Waals surface area contributed by atoms with Gasteiger partial charge in [-0.1, -0.05) is 0 Å². The van der Waals surface area contributed by atoms with Gasteiger partial charge in [-0.25, -0.2) is 4.79 Å². The standard InChI is InChI=1S/C14H18N2O5/c17-8-12-7-16(14(19)21-12)11-3-1-10(2-4-11)15-5-6-20-9-13(15)18/h1,3,12,17H,2,4-9H2. The summed E-state index contributed by atoms with van der Waals surface area (Å²) in [7, 11) is 0. The number of carbonyl (C=O) groups is 2. The molecule has 0 aromatic rings. The molecule has 21 heavy (non-hydrogen) atoms. The van der Waals surface area contributed by atoms with Crippen LogP contribution in [0.5, 0.6) is 0 Å². The fourth-order valence-corrected chi connectivity index (χ4v) is 2.74. The Kier molecular flexibility index (Phi) is 3.94. The Morgan fingerprint density at radius 1 is 1.19 bits per heavy atom. The summed E-state index contributed by atoms with van der Waals surface area (Å²) in [5.74, 6) is -0.0229. The highest BCUT2D eigenvalue weighted by Gasteiger charge is 2.34. The summed E-state index contributed by atoms with van der Waals surface area (Å²) in [6.07, 6.45) is 4.23. The molecule has 3 aliphatic rings. The maximum atomic E-state index is 11.8. The minimum atomic E-state index is -0.454. The van der Waals surface area contributed by atoms with E-state index in [1.54, 1.807) is 9.80 Å². The molecule has 0 radical (unpaired) electrons. The molecule has 0 aromatic carbocycles. The zero-order valence-corrected chi connectivity index (χ0v) is 11.7. The van der Waals surface area contributed by atoms with E-state index in [1.807, 2.05) is 12.2 Å². The number of carbonyl (C=O) groups excluding carboxylic acids is 2. The van der Waals surface area contributed by atoms with Crippen molar-refractivity contribution < 1.29 is 24.2 Å². The Morgan fingerprint density at radius 3 is 2.48 bits per heavy atom. The third kappa shape index (κ3) is 2.79. The number of allylic oxidation sites excluding steroid dienone is 4. The lowest BCUT2D eigenvalue weighted by atomic mass is 10.1. The number of hydrogen-bond acceptors (Lipinski definition) is 5. The van der Waals surface area contributed by atoms with E-state index in [-0.39, 0.29) is 19.1 Å². The molecule has 7 nitrogen and oxygen atoms in total. The molecule has 1 aliphatic carbocycles. The summed E-state index contributed by atoms with van der Waals surface area (Å²) in [6, 6.07) is 0. The first-order valence-electron chi connectivity index (χ1n) is 7.06. The first-order chi connectivity index (χ1) is 10.2. The fraction of sp³-hybridized carbons (Fsp3) is 0.571. The lowest BCUT2D eigenvalue weighted by Crippen LogP contribution is -2.41. The highest BCUT2D eigenvalue weighted by molar-refractivity contribution is 5.80. The minimum absolute atomic E-state index is 0.0229. The zero-order chi connectivity index (χ0) is 14.8. The van der Waals surface area contributed by atoms with Gasteiger partial charge in [0.2, 0.25) is 0 Å². The monoisotopic (exact) mass is 294 g/mol. The van der Waals surface area contributed by atoms with Crippen LogP contribution in [0.15, 0.2) is 23.5 Å². The predicted octanol–water partition coefficient (Wildman–Crippen LogP) is 0.220. The summed E-state index contributed by atoms with van der Waals surface area (Å²) >= 11 is 0. The number of nitrogens with zero attached hydrogens (tertiary/aromatic N) is 2. The largest absolute Gasteiger partial charge is 0.441 e. The number of aliphatic hydroxyl groups is 1. The first-order valence-corrected chi connectivity index (χ1v) is 7.06. The number of cyclic esters (lactones) is 1. The van der Waals surface area contributed by atoms with Crippen LogP contribution in [-0.2, 0) is 14.3 Å². The van der Waals surface area contributed by atoms with Gasteiger partial charge in [0.15, 0.2) is 0 Å². The Morgan fingerprint density at radius 2 is 1.90 bits per heavy atom. The Hall–Kier alpha value is -1.86. The first kappa shape index (κ1) is 14.1. The number of hydrogen-bond donors (Lipinski definition) is 1. The third-order valence-corrected chi connectivity index (χ3v) is 3.86. The molecule has 0 saturated carbocycles. The Bertz CT molecular complexity index is 513. The van der Waals surface area contributed by atoms with E-state index in [2.05, 4.69) is 0 Å². The molecule has 0 bridgehead atoms. The molecule has 0 spiro atoms. The van der Waals surface area contributed by atoms with E-state index in [0.29, 0.717) is 32.5 Å². The molecule has 2 amide bonds. The summed E-state index contributed by atoms with van der Waals surface area (Å²) in [6.45, 7) is 1.47. The van der Waals surface area contributed by atoms with Crippen LogP contribution in [0.25, 0.3) is 0 Å². The Balaban J connectivity index is 1.70. The number of morpholine rings is 1. The molecule has 1 unspecified atom stereocenters. The van der Waals surface area contributed by atoms with Gasteiger partial charge in [-0.2, -0.15) is 0 Å². The second-order valence-electron chi connectivity index (χ2n) is 5.21. The van der Waals surface area contributed by atoms with Crippen LogP contribution >= 0.6 is 0 Å². The molecule has 3 rings (SSSR count). The van der Waals surface area contributed by atoms with Crippen LogP contribution in [-0.4, -0.2) is 65.9 Å². The molecular weight excluding hydrogens is 276 g/mol. The molecule has 7 heteroatoms. The van der Waals surface area contributed by atoms with Gasteiger partial charge in [-0.3, -0.25) is 9.69 Å². The highest BCUT2D eigenvalue weighted by Crippen LogP contribution is 2.27. The van der Waals surface area contributed by atoms with Gasteiger partial charge in [0.25, 0.3) is 5.91 Å². The van der Waals surface area contributed by atoms with Crippen molar-refractivity contribution in [3.63, 3.8) is 0 Å². The highest BCUT2D eigenvalue weighted by atomic mass is 16.6. The van der Waals surface area contributed by atoms with Crippen molar-refractivity contribution in [3.8, 4) is 0 Å². The molecule has 1 atom stereocenters. The average Bonchev–Trinajstić information content (AvgIpc) is 2.89. The Labute approximate surface area is 122 Å². The van der Waals surface area contributed by atoms with Crippen molar-refractivity contribution in [2.45, 2.75) is 18.9 Å². The van der Waals surface area contributed by atoms with Crippen LogP contribution in [0.1, 0.15) is 12.8 Å². The van der Waals surface area contributed by atoms with Crippen molar-refractivity contribution in [1.82, 2.24) is 9.80 Å². The number of aliphatic hydroxyl groups excluding tert-OH is 1. The van der Waals surface area contributed by atoms with E-state index in [4.69, 9.17) is 14.6 Å². The molecule has 114 valence electrons. The smallest absolute Gasteiger partial charge is 0.414 e. The van der Waals surface area contributed by atoms with E-state index >= 15 is 0 Å². The molecular formula is C14H18N2O5. The van der Waals surface area contributed by atoms with E-state index in [9.17, 15) is 9.59 Å². The quantitative estimate of drug-likeness (QED) is 0.805. The normalized spacial score (nSPS) is 26.6. The van der Waals surface area contributed by atoms with Gasteiger partial charge in [-0.05, 0) is 25.0 Å². The summed E-state index contributed by atoms with van der Waals surface area (Å²) in [5.41, 5.74) is 1.82. The minimum Gasteiger partial charge on any atom is -0.441 e. The predicted molar refractivity (Wildman–Crippen MR) is 72.0 cm³/mol. The van der Waals surface area contributed by atoms with Crippen LogP contribution in [0.3, 0.4) is 0 Å². The molecule has 1 N–H and O–H groups in total. The van der Waals surface area contributed by atoms with Gasteiger partial charge in [0.05, 0.1) is 19.8 Å². The van der Waals surface area contributed by atoms with Crippen molar-refractivity contribution in [3.05, 3.63) is 23.5 Å².